The first-order valence-corrected chi connectivity index (χ1v) is 9.85. The topological polar surface area (TPSA) is 80.1 Å². The molecule has 2 heterocycles. The Balaban J connectivity index is 1.33. The molecule has 1 aromatic carbocycles. The summed E-state index contributed by atoms with van der Waals surface area (Å²) in [6.07, 6.45) is 3.83. The molecule has 7 nitrogen and oxygen atoms in total. The normalized spacial score (nSPS) is 17.0. The van der Waals surface area contributed by atoms with Gasteiger partial charge in [0.1, 0.15) is 5.82 Å². The SMILES string of the molecule is Cc1nnc(SCC(=O)Nc2ccc(N3CCCC3=O)cc2)n1C1CC1. The van der Waals surface area contributed by atoms with E-state index in [1.807, 2.05) is 31.2 Å². The van der Waals surface area contributed by atoms with Crippen molar-refractivity contribution in [3.05, 3.63) is 30.1 Å². The van der Waals surface area contributed by atoms with Crippen LogP contribution in [0, 0.1) is 6.92 Å². The van der Waals surface area contributed by atoms with Crippen molar-refractivity contribution in [3.8, 4) is 0 Å². The van der Waals surface area contributed by atoms with Gasteiger partial charge in [-0.15, -0.1) is 10.2 Å². The minimum Gasteiger partial charge on any atom is -0.325 e. The maximum atomic E-state index is 12.2. The summed E-state index contributed by atoms with van der Waals surface area (Å²) in [5, 5.41) is 12.0. The number of hydrogen-bond donors (Lipinski definition) is 1. The minimum atomic E-state index is -0.0806. The van der Waals surface area contributed by atoms with E-state index in [4.69, 9.17) is 0 Å². The fraction of sp³-hybridized carbons (Fsp3) is 0.444. The fourth-order valence-corrected chi connectivity index (χ4v) is 4.03. The molecule has 8 heteroatoms. The van der Waals surface area contributed by atoms with Crippen molar-refractivity contribution in [1.82, 2.24) is 14.8 Å². The first-order chi connectivity index (χ1) is 12.6. The number of hydrogen-bond acceptors (Lipinski definition) is 5. The first-order valence-electron chi connectivity index (χ1n) is 8.86. The number of carbonyl (C=O) groups excluding carboxylic acids is 2. The molecule has 1 aliphatic carbocycles. The molecule has 1 N–H and O–H groups in total. The molecule has 1 saturated carbocycles. The van der Waals surface area contributed by atoms with Crippen LogP contribution in [0.5, 0.6) is 0 Å². The highest BCUT2D eigenvalue weighted by atomic mass is 32.2. The van der Waals surface area contributed by atoms with Gasteiger partial charge >= 0.3 is 0 Å². The average Bonchev–Trinajstić information content (AvgIpc) is 3.27. The van der Waals surface area contributed by atoms with Crippen LogP contribution in [0.2, 0.25) is 0 Å². The Labute approximate surface area is 156 Å². The van der Waals surface area contributed by atoms with Gasteiger partial charge in [0.25, 0.3) is 0 Å². The van der Waals surface area contributed by atoms with Gasteiger partial charge in [-0.2, -0.15) is 0 Å². The molecule has 0 unspecified atom stereocenters. The summed E-state index contributed by atoms with van der Waals surface area (Å²) in [5.74, 6) is 1.27. The number of anilines is 2. The van der Waals surface area contributed by atoms with E-state index in [9.17, 15) is 9.59 Å². The van der Waals surface area contributed by atoms with Crippen LogP contribution in [-0.4, -0.2) is 38.9 Å². The highest BCUT2D eigenvalue weighted by molar-refractivity contribution is 7.99. The van der Waals surface area contributed by atoms with Gasteiger partial charge in [-0.05, 0) is 50.5 Å². The van der Waals surface area contributed by atoms with E-state index < -0.39 is 0 Å². The van der Waals surface area contributed by atoms with Crippen LogP contribution in [-0.2, 0) is 9.59 Å². The smallest absolute Gasteiger partial charge is 0.234 e. The summed E-state index contributed by atoms with van der Waals surface area (Å²) in [4.78, 5) is 25.8. The third-order valence-electron chi connectivity index (χ3n) is 4.62. The van der Waals surface area contributed by atoms with E-state index in [1.165, 1.54) is 11.8 Å². The van der Waals surface area contributed by atoms with Crippen LogP contribution >= 0.6 is 11.8 Å². The Hall–Kier alpha value is -2.35. The maximum Gasteiger partial charge on any atom is 0.234 e. The van der Waals surface area contributed by atoms with Crippen molar-refractivity contribution in [2.24, 2.45) is 0 Å². The third-order valence-corrected chi connectivity index (χ3v) is 5.56. The standard InChI is InChI=1S/C18H21N5O2S/c1-12-20-21-18(23(12)15-8-9-15)26-11-16(24)19-13-4-6-14(7-5-13)22-10-2-3-17(22)25/h4-7,15H,2-3,8-11H2,1H3,(H,19,24). The number of nitrogens with zero attached hydrogens (tertiary/aromatic N) is 4. The second kappa shape index (κ2) is 7.11. The van der Waals surface area contributed by atoms with Crippen molar-refractivity contribution in [1.29, 1.82) is 0 Å². The van der Waals surface area contributed by atoms with Crippen LogP contribution in [0.1, 0.15) is 37.5 Å². The van der Waals surface area contributed by atoms with Gasteiger partial charge in [-0.25, -0.2) is 0 Å². The molecule has 1 aromatic heterocycles. The van der Waals surface area contributed by atoms with E-state index in [0.29, 0.717) is 12.5 Å². The fourth-order valence-electron chi connectivity index (χ4n) is 3.17. The molecule has 1 aliphatic heterocycles. The van der Waals surface area contributed by atoms with Gasteiger partial charge in [0.2, 0.25) is 11.8 Å². The summed E-state index contributed by atoms with van der Waals surface area (Å²) in [5.41, 5.74) is 1.61. The van der Waals surface area contributed by atoms with E-state index in [1.54, 1.807) is 4.90 Å². The highest BCUT2D eigenvalue weighted by Crippen LogP contribution is 2.38. The number of thioether (sulfide) groups is 1. The van der Waals surface area contributed by atoms with Crippen LogP contribution in [0.15, 0.2) is 29.4 Å². The predicted molar refractivity (Wildman–Crippen MR) is 100 cm³/mol. The molecule has 1 saturated heterocycles. The molecule has 4 rings (SSSR count). The number of aromatic nitrogens is 3. The zero-order valence-electron chi connectivity index (χ0n) is 14.6. The Morgan fingerprint density at radius 3 is 2.69 bits per heavy atom. The van der Waals surface area contributed by atoms with Crippen molar-refractivity contribution < 1.29 is 9.59 Å². The largest absolute Gasteiger partial charge is 0.325 e. The van der Waals surface area contributed by atoms with E-state index >= 15 is 0 Å². The first kappa shape index (κ1) is 17.1. The van der Waals surface area contributed by atoms with Gasteiger partial charge in [0.05, 0.1) is 5.75 Å². The lowest BCUT2D eigenvalue weighted by molar-refractivity contribution is -0.117. The maximum absolute atomic E-state index is 12.2. The van der Waals surface area contributed by atoms with Gasteiger partial charge in [0, 0.05) is 30.4 Å². The number of carbonyl (C=O) groups is 2. The second-order valence-electron chi connectivity index (χ2n) is 6.66. The lowest BCUT2D eigenvalue weighted by Gasteiger charge is -2.16. The number of amides is 2. The Kier molecular flexibility index (Phi) is 4.67. The molecule has 0 radical (unpaired) electrons. The van der Waals surface area contributed by atoms with E-state index in [2.05, 4.69) is 20.1 Å². The lowest BCUT2D eigenvalue weighted by atomic mass is 10.2. The number of nitrogens with one attached hydrogen (secondary N) is 1. The summed E-state index contributed by atoms with van der Waals surface area (Å²) in [7, 11) is 0. The predicted octanol–water partition coefficient (Wildman–Crippen LogP) is 2.78. The summed E-state index contributed by atoms with van der Waals surface area (Å²) in [6, 6.07) is 7.91. The van der Waals surface area contributed by atoms with Gasteiger partial charge in [-0.1, -0.05) is 11.8 Å². The molecule has 0 spiro atoms. The number of benzene rings is 1. The van der Waals surface area contributed by atoms with Crippen molar-refractivity contribution in [3.63, 3.8) is 0 Å². The van der Waals surface area contributed by atoms with Crippen LogP contribution < -0.4 is 10.2 Å². The number of rotatable bonds is 6. The molecule has 2 aromatic rings. The molecule has 2 aliphatic rings. The van der Waals surface area contributed by atoms with Gasteiger partial charge in [-0.3, -0.25) is 9.59 Å². The van der Waals surface area contributed by atoms with E-state index in [-0.39, 0.29) is 17.6 Å². The zero-order chi connectivity index (χ0) is 18.1. The van der Waals surface area contributed by atoms with Crippen molar-refractivity contribution in [2.45, 2.75) is 43.8 Å². The Morgan fingerprint density at radius 2 is 2.04 bits per heavy atom. The second-order valence-corrected chi connectivity index (χ2v) is 7.61. The highest BCUT2D eigenvalue weighted by Gasteiger charge is 2.28. The molecular weight excluding hydrogens is 350 g/mol. The minimum absolute atomic E-state index is 0.0806. The Morgan fingerprint density at radius 1 is 1.27 bits per heavy atom. The molecule has 2 amide bonds. The Bertz CT molecular complexity index is 829. The zero-order valence-corrected chi connectivity index (χ0v) is 15.5. The molecule has 26 heavy (non-hydrogen) atoms. The van der Waals surface area contributed by atoms with Crippen LogP contribution in [0.25, 0.3) is 0 Å². The molecule has 0 atom stereocenters. The summed E-state index contributed by atoms with van der Waals surface area (Å²) < 4.78 is 2.12. The van der Waals surface area contributed by atoms with Gasteiger partial charge < -0.3 is 14.8 Å². The summed E-state index contributed by atoms with van der Waals surface area (Å²) in [6.45, 7) is 2.71. The van der Waals surface area contributed by atoms with E-state index in [0.717, 1.165) is 48.2 Å². The summed E-state index contributed by atoms with van der Waals surface area (Å²) >= 11 is 1.41. The molecule has 0 bridgehead atoms. The average molecular weight is 371 g/mol. The lowest BCUT2D eigenvalue weighted by Crippen LogP contribution is -2.23. The quantitative estimate of drug-likeness (QED) is 0.790. The van der Waals surface area contributed by atoms with Crippen molar-refractivity contribution in [2.75, 3.05) is 22.5 Å². The molecule has 2 fully saturated rings. The molecule has 136 valence electrons. The van der Waals surface area contributed by atoms with Gasteiger partial charge in [0.15, 0.2) is 5.16 Å². The molecular formula is C18H21N5O2S. The third kappa shape index (κ3) is 3.60. The van der Waals surface area contributed by atoms with Crippen molar-refractivity contribution >= 4 is 35.0 Å². The monoisotopic (exact) mass is 371 g/mol. The number of aryl methyl sites for hydroxylation is 1. The van der Waals surface area contributed by atoms with Crippen LogP contribution in [0.3, 0.4) is 0 Å². The van der Waals surface area contributed by atoms with Crippen LogP contribution in [0.4, 0.5) is 11.4 Å².